The van der Waals surface area contributed by atoms with Gasteiger partial charge < -0.3 is 10.6 Å². The Kier molecular flexibility index (Phi) is 3.19. The minimum absolute atomic E-state index is 0.0660. The van der Waals surface area contributed by atoms with E-state index in [4.69, 9.17) is 5.73 Å². The topological polar surface area (TPSA) is 58.7 Å². The molecule has 0 saturated heterocycles. The van der Waals surface area contributed by atoms with Crippen molar-refractivity contribution in [3.05, 3.63) is 34.3 Å². The molecule has 4 nitrogen and oxygen atoms in total. The van der Waals surface area contributed by atoms with E-state index < -0.39 is 0 Å². The van der Waals surface area contributed by atoms with Crippen LogP contribution >= 0.6 is 15.9 Å². The van der Waals surface area contributed by atoms with Crippen LogP contribution in [0.1, 0.15) is 25.5 Å². The first-order valence-corrected chi connectivity index (χ1v) is 6.22. The number of hydrogen-bond acceptors (Lipinski definition) is 2. The van der Waals surface area contributed by atoms with E-state index in [0.717, 1.165) is 10.0 Å². The number of nitrogens with two attached hydrogens (primary N) is 1. The Balaban J connectivity index is 2.42. The van der Waals surface area contributed by atoms with E-state index in [1.54, 1.807) is 4.90 Å². The lowest BCUT2D eigenvalue weighted by molar-refractivity contribution is 0.190. The lowest BCUT2D eigenvalue weighted by atomic mass is 10.0. The average molecular weight is 296 g/mol. The molecule has 2 rings (SSSR count). The quantitative estimate of drug-likeness (QED) is 0.912. The summed E-state index contributed by atoms with van der Waals surface area (Å²) < 4.78 is 0.964. The molecular weight excluding hydrogens is 282 g/mol. The standard InChI is InChI=1S/C12H14BrN3O/c1-7(2)16-10(11(14)15-12(16)17)8-4-3-5-9(13)6-8/h3-7,10H,1-2H3,(H2,14,15,17). The second-order valence-electron chi connectivity index (χ2n) is 4.28. The van der Waals surface area contributed by atoms with Gasteiger partial charge in [0.25, 0.3) is 0 Å². The molecule has 1 aliphatic heterocycles. The molecule has 2 amide bonds. The minimum atomic E-state index is -0.262. The van der Waals surface area contributed by atoms with E-state index in [0.29, 0.717) is 5.84 Å². The number of nitrogens with zero attached hydrogens (tertiary/aromatic N) is 2. The third kappa shape index (κ3) is 2.20. The molecule has 0 aliphatic carbocycles. The van der Waals surface area contributed by atoms with Crippen molar-refractivity contribution in [2.75, 3.05) is 0 Å². The van der Waals surface area contributed by atoms with Crippen LogP contribution in [0.25, 0.3) is 0 Å². The lowest BCUT2D eigenvalue weighted by Crippen LogP contribution is -2.38. The number of halogens is 1. The molecule has 17 heavy (non-hydrogen) atoms. The molecule has 0 aromatic heterocycles. The maximum absolute atomic E-state index is 11.7. The van der Waals surface area contributed by atoms with Gasteiger partial charge in [-0.3, -0.25) is 0 Å². The van der Waals surface area contributed by atoms with Crippen LogP contribution in [0, 0.1) is 0 Å². The van der Waals surface area contributed by atoms with Gasteiger partial charge in [0.15, 0.2) is 0 Å². The summed E-state index contributed by atoms with van der Waals surface area (Å²) in [7, 11) is 0. The molecule has 1 aliphatic rings. The Hall–Kier alpha value is -1.36. The first-order chi connectivity index (χ1) is 8.00. The molecule has 1 heterocycles. The van der Waals surface area contributed by atoms with Crippen molar-refractivity contribution in [3.8, 4) is 0 Å². The Labute approximate surface area is 109 Å². The van der Waals surface area contributed by atoms with Crippen molar-refractivity contribution in [1.82, 2.24) is 4.90 Å². The average Bonchev–Trinajstić information content (AvgIpc) is 2.53. The van der Waals surface area contributed by atoms with Crippen LogP contribution < -0.4 is 5.73 Å². The number of amides is 2. The van der Waals surface area contributed by atoms with Gasteiger partial charge in [-0.2, -0.15) is 4.99 Å². The Morgan fingerprint density at radius 1 is 1.47 bits per heavy atom. The first kappa shape index (κ1) is 12.1. The van der Waals surface area contributed by atoms with Gasteiger partial charge in [0.05, 0.1) is 0 Å². The van der Waals surface area contributed by atoms with Crippen LogP contribution in [0.15, 0.2) is 33.7 Å². The van der Waals surface area contributed by atoms with Crippen molar-refractivity contribution >= 4 is 27.8 Å². The minimum Gasteiger partial charge on any atom is -0.385 e. The Morgan fingerprint density at radius 3 is 2.76 bits per heavy atom. The number of carbonyl (C=O) groups is 1. The zero-order valence-corrected chi connectivity index (χ0v) is 11.3. The Bertz CT molecular complexity index is 484. The highest BCUT2D eigenvalue weighted by atomic mass is 79.9. The van der Waals surface area contributed by atoms with Gasteiger partial charge in [0.2, 0.25) is 0 Å². The summed E-state index contributed by atoms with van der Waals surface area (Å²) in [6, 6.07) is 7.33. The van der Waals surface area contributed by atoms with E-state index in [-0.39, 0.29) is 18.1 Å². The van der Waals surface area contributed by atoms with E-state index in [9.17, 15) is 4.79 Å². The number of hydrogen-bond donors (Lipinski definition) is 1. The summed E-state index contributed by atoms with van der Waals surface area (Å²) in [4.78, 5) is 17.3. The molecule has 0 bridgehead atoms. The van der Waals surface area contributed by atoms with E-state index in [1.165, 1.54) is 0 Å². The molecule has 0 radical (unpaired) electrons. The lowest BCUT2D eigenvalue weighted by Gasteiger charge is -2.28. The van der Waals surface area contributed by atoms with Crippen molar-refractivity contribution in [2.45, 2.75) is 25.9 Å². The van der Waals surface area contributed by atoms with Crippen LogP contribution in [-0.4, -0.2) is 22.8 Å². The smallest absolute Gasteiger partial charge is 0.346 e. The molecule has 5 heteroatoms. The van der Waals surface area contributed by atoms with Crippen LogP contribution in [0.5, 0.6) is 0 Å². The normalized spacial score (nSPS) is 20.0. The summed E-state index contributed by atoms with van der Waals surface area (Å²) in [5.74, 6) is 0.363. The van der Waals surface area contributed by atoms with Gasteiger partial charge >= 0.3 is 6.03 Å². The Morgan fingerprint density at radius 2 is 2.18 bits per heavy atom. The molecule has 0 saturated carbocycles. The number of urea groups is 1. The fourth-order valence-corrected chi connectivity index (χ4v) is 2.43. The maximum atomic E-state index is 11.7. The highest BCUT2D eigenvalue weighted by molar-refractivity contribution is 9.10. The summed E-state index contributed by atoms with van der Waals surface area (Å²) >= 11 is 3.42. The second-order valence-corrected chi connectivity index (χ2v) is 5.19. The molecule has 1 aromatic rings. The van der Waals surface area contributed by atoms with Gasteiger partial charge in [-0.15, -0.1) is 0 Å². The summed E-state index contributed by atoms with van der Waals surface area (Å²) in [6.45, 7) is 3.91. The maximum Gasteiger partial charge on any atom is 0.346 e. The van der Waals surface area contributed by atoms with Crippen LogP contribution in [0.4, 0.5) is 4.79 Å². The van der Waals surface area contributed by atoms with Crippen molar-refractivity contribution < 1.29 is 4.79 Å². The van der Waals surface area contributed by atoms with Gasteiger partial charge in [-0.05, 0) is 31.5 Å². The van der Waals surface area contributed by atoms with Crippen LogP contribution in [0.3, 0.4) is 0 Å². The molecule has 0 spiro atoms. The summed E-state index contributed by atoms with van der Waals surface area (Å²) in [5.41, 5.74) is 6.82. The summed E-state index contributed by atoms with van der Waals surface area (Å²) in [6.07, 6.45) is 0. The fourth-order valence-electron chi connectivity index (χ4n) is 2.01. The number of carbonyl (C=O) groups excluding carboxylic acids is 1. The van der Waals surface area contributed by atoms with E-state index in [2.05, 4.69) is 20.9 Å². The van der Waals surface area contributed by atoms with Gasteiger partial charge in [-0.25, -0.2) is 4.79 Å². The third-order valence-corrected chi connectivity index (χ3v) is 3.22. The largest absolute Gasteiger partial charge is 0.385 e. The predicted octanol–water partition coefficient (Wildman–Crippen LogP) is 2.69. The molecule has 90 valence electrons. The number of aliphatic imine (C=N–C) groups is 1. The zero-order valence-electron chi connectivity index (χ0n) is 9.72. The van der Waals surface area contributed by atoms with Crippen molar-refractivity contribution in [1.29, 1.82) is 0 Å². The SMILES string of the molecule is CC(C)N1C(=O)N=C(N)C1c1cccc(Br)c1. The van der Waals surface area contributed by atoms with Crippen molar-refractivity contribution in [3.63, 3.8) is 0 Å². The molecule has 0 fully saturated rings. The van der Waals surface area contributed by atoms with E-state index >= 15 is 0 Å². The predicted molar refractivity (Wildman–Crippen MR) is 70.9 cm³/mol. The number of rotatable bonds is 2. The van der Waals surface area contributed by atoms with Gasteiger partial charge in [0.1, 0.15) is 11.9 Å². The van der Waals surface area contributed by atoms with E-state index in [1.807, 2.05) is 38.1 Å². The molecule has 1 atom stereocenters. The molecule has 1 aromatic carbocycles. The fraction of sp³-hybridized carbons (Fsp3) is 0.333. The second kappa shape index (κ2) is 4.49. The molecular formula is C12H14BrN3O. The zero-order chi connectivity index (χ0) is 12.6. The van der Waals surface area contributed by atoms with Crippen molar-refractivity contribution in [2.24, 2.45) is 10.7 Å². The highest BCUT2D eigenvalue weighted by Crippen LogP contribution is 2.30. The first-order valence-electron chi connectivity index (χ1n) is 5.42. The van der Waals surface area contributed by atoms with Gasteiger partial charge in [0, 0.05) is 10.5 Å². The molecule has 2 N–H and O–H groups in total. The third-order valence-electron chi connectivity index (χ3n) is 2.72. The number of amidine groups is 1. The van der Waals surface area contributed by atoms with Crippen LogP contribution in [0.2, 0.25) is 0 Å². The molecule has 1 unspecified atom stereocenters. The summed E-state index contributed by atoms with van der Waals surface area (Å²) in [5, 5.41) is 0. The number of benzene rings is 1. The monoisotopic (exact) mass is 295 g/mol. The van der Waals surface area contributed by atoms with Crippen LogP contribution in [-0.2, 0) is 0 Å². The highest BCUT2D eigenvalue weighted by Gasteiger charge is 2.36. The van der Waals surface area contributed by atoms with Gasteiger partial charge in [-0.1, -0.05) is 28.1 Å².